The molecule has 0 bridgehead atoms. The van der Waals surface area contributed by atoms with E-state index < -0.39 is 0 Å². The molecule has 0 amide bonds. The maximum atomic E-state index is 4.83. The van der Waals surface area contributed by atoms with Crippen LogP contribution in [0, 0.1) is 47.3 Å². The summed E-state index contributed by atoms with van der Waals surface area (Å²) >= 11 is -0.226. The van der Waals surface area contributed by atoms with Gasteiger partial charge in [0.15, 0.2) is 0 Å². The molecule has 0 saturated carbocycles. The summed E-state index contributed by atoms with van der Waals surface area (Å²) < 4.78 is 0. The molecule has 0 aromatic heterocycles. The van der Waals surface area contributed by atoms with Crippen LogP contribution in [0.2, 0.25) is 0 Å². The Bertz CT molecular complexity index is 362. The van der Waals surface area contributed by atoms with Crippen LogP contribution in [0.1, 0.15) is 81.1 Å². The predicted octanol–water partition coefficient (Wildman–Crippen LogP) is 9.52. The standard InChI is InChI=1S/4C7H14N.2ClH.Rh/c4*1-6-3-7(2)5-8-4-6;;;/h4*6-7H,3-5H2,1-2H3;2*1H;/q4*-1;;;+2/p-2. The first kappa shape index (κ1) is 36.0. The SMILES string of the molecule is CC1C[N-]CC(C)C1.CC1C[N-]CC(C)C1.CC1C[N-]CC(C)C1.CC1C[N-]CC(C)C1.[Cl][Rh][Cl]. The zero-order valence-corrected chi connectivity index (χ0v) is 27.1. The van der Waals surface area contributed by atoms with Crippen LogP contribution in [-0.2, 0) is 15.1 Å². The number of nitrogens with zero attached hydrogens (tertiary/aromatic N) is 4. The van der Waals surface area contributed by atoms with Crippen molar-refractivity contribution in [3.05, 3.63) is 21.3 Å². The fourth-order valence-electron chi connectivity index (χ4n) is 5.41. The first-order valence-corrected chi connectivity index (χ1v) is 18.2. The van der Waals surface area contributed by atoms with Crippen LogP contribution in [0.4, 0.5) is 0 Å². The van der Waals surface area contributed by atoms with Crippen molar-refractivity contribution in [2.75, 3.05) is 52.4 Å². The molecule has 7 heteroatoms. The molecule has 4 fully saturated rings. The van der Waals surface area contributed by atoms with Gasteiger partial charge in [-0.15, -0.1) is 52.4 Å². The van der Waals surface area contributed by atoms with Crippen molar-refractivity contribution in [1.29, 1.82) is 0 Å². The summed E-state index contributed by atoms with van der Waals surface area (Å²) in [5, 5.41) is 17.4. The molecule has 0 N–H and O–H groups in total. The van der Waals surface area contributed by atoms with Crippen LogP contribution in [0.3, 0.4) is 0 Å². The third-order valence-corrected chi connectivity index (χ3v) is 6.75. The first-order chi connectivity index (χ1) is 16.6. The second-order valence-electron chi connectivity index (χ2n) is 12.2. The van der Waals surface area contributed by atoms with E-state index in [9.17, 15) is 0 Å². The minimum atomic E-state index is -0.226. The van der Waals surface area contributed by atoms with Crippen molar-refractivity contribution in [1.82, 2.24) is 0 Å². The Kier molecular flexibility index (Phi) is 23.7. The number of rotatable bonds is 0. The Morgan fingerprint density at radius 2 is 0.486 bits per heavy atom. The molecule has 8 unspecified atom stereocenters. The zero-order valence-electron chi connectivity index (χ0n) is 24.0. The van der Waals surface area contributed by atoms with E-state index in [-0.39, 0.29) is 15.1 Å². The van der Waals surface area contributed by atoms with E-state index in [4.69, 9.17) is 19.4 Å². The van der Waals surface area contributed by atoms with Gasteiger partial charge in [0.1, 0.15) is 0 Å². The number of halogens is 2. The first-order valence-electron chi connectivity index (χ1n) is 13.9. The molecule has 4 saturated heterocycles. The van der Waals surface area contributed by atoms with Crippen LogP contribution in [0.25, 0.3) is 21.3 Å². The van der Waals surface area contributed by atoms with Crippen LogP contribution in [0.15, 0.2) is 0 Å². The Hall–Kier alpha value is 1.04. The molecule has 35 heavy (non-hydrogen) atoms. The minimum absolute atomic E-state index is 0.226. The molecule has 4 heterocycles. The molecule has 4 aliphatic heterocycles. The average molecular weight is 623 g/mol. The quantitative estimate of drug-likeness (QED) is 0.242. The van der Waals surface area contributed by atoms with Gasteiger partial charge in [0.05, 0.1) is 0 Å². The van der Waals surface area contributed by atoms with E-state index in [1.54, 1.807) is 0 Å². The van der Waals surface area contributed by atoms with Crippen molar-refractivity contribution in [3.8, 4) is 0 Å². The van der Waals surface area contributed by atoms with E-state index in [0.717, 1.165) is 99.7 Å². The molecule has 0 aliphatic carbocycles. The van der Waals surface area contributed by atoms with Crippen molar-refractivity contribution in [3.63, 3.8) is 0 Å². The third kappa shape index (κ3) is 22.7. The number of piperidine rings is 4. The molecule has 0 spiro atoms. The molecule has 8 atom stereocenters. The number of hydrogen-bond acceptors (Lipinski definition) is 0. The summed E-state index contributed by atoms with van der Waals surface area (Å²) in [6.07, 6.45) is 5.51. The van der Waals surface area contributed by atoms with Crippen molar-refractivity contribution < 1.29 is 15.1 Å². The number of hydrogen-bond donors (Lipinski definition) is 0. The normalized spacial score (nSPS) is 37.0. The molecule has 4 nitrogen and oxygen atoms in total. The van der Waals surface area contributed by atoms with Crippen molar-refractivity contribution in [2.45, 2.75) is 81.1 Å². The topological polar surface area (TPSA) is 56.4 Å². The van der Waals surface area contributed by atoms with E-state index in [1.165, 1.54) is 25.7 Å². The average Bonchev–Trinajstić information content (AvgIpc) is 2.75. The summed E-state index contributed by atoms with van der Waals surface area (Å²) in [6, 6.07) is 0. The van der Waals surface area contributed by atoms with Gasteiger partial charge in [-0.1, -0.05) is 128 Å². The predicted molar refractivity (Wildman–Crippen MR) is 156 cm³/mol. The van der Waals surface area contributed by atoms with Gasteiger partial charge < -0.3 is 21.3 Å². The van der Waals surface area contributed by atoms with Gasteiger partial charge in [0.2, 0.25) is 0 Å². The van der Waals surface area contributed by atoms with Gasteiger partial charge in [-0.2, -0.15) is 0 Å². The second kappa shape index (κ2) is 23.0. The van der Waals surface area contributed by atoms with E-state index in [1.807, 2.05) is 0 Å². The fraction of sp³-hybridized carbons (Fsp3) is 1.00. The molecular weight excluding hydrogens is 566 g/mol. The molecule has 4 rings (SSSR count). The fourth-order valence-corrected chi connectivity index (χ4v) is 5.41. The van der Waals surface area contributed by atoms with E-state index in [0.29, 0.717) is 0 Å². The van der Waals surface area contributed by atoms with Gasteiger partial charge in [-0.05, 0) is 0 Å². The van der Waals surface area contributed by atoms with Crippen molar-refractivity contribution in [2.24, 2.45) is 47.3 Å². The Morgan fingerprint density at radius 1 is 0.371 bits per heavy atom. The summed E-state index contributed by atoms with van der Waals surface area (Å²) in [4.78, 5) is 0. The summed E-state index contributed by atoms with van der Waals surface area (Å²) in [6.45, 7) is 27.0. The third-order valence-electron chi connectivity index (χ3n) is 6.75. The maximum absolute atomic E-state index is 4.83. The van der Waals surface area contributed by atoms with Gasteiger partial charge in [-0.3, -0.25) is 0 Å². The van der Waals surface area contributed by atoms with Crippen LogP contribution < -0.4 is 0 Å². The molecule has 0 aromatic carbocycles. The van der Waals surface area contributed by atoms with E-state index >= 15 is 0 Å². The van der Waals surface area contributed by atoms with Gasteiger partial charge in [-0.25, -0.2) is 0 Å². The summed E-state index contributed by atoms with van der Waals surface area (Å²) in [5.41, 5.74) is 0. The summed E-state index contributed by atoms with van der Waals surface area (Å²) in [5.74, 6) is 6.77. The van der Waals surface area contributed by atoms with Crippen LogP contribution in [-0.4, -0.2) is 52.4 Å². The molecular formula is C28H56Cl2N4Rh-4. The van der Waals surface area contributed by atoms with Crippen molar-refractivity contribution >= 4 is 19.4 Å². The molecule has 0 aromatic rings. The van der Waals surface area contributed by atoms with Gasteiger partial charge >= 0.3 is 34.5 Å². The Morgan fingerprint density at radius 3 is 0.543 bits per heavy atom. The zero-order chi connectivity index (χ0) is 26.6. The monoisotopic (exact) mass is 621 g/mol. The van der Waals surface area contributed by atoms with Gasteiger partial charge in [0.25, 0.3) is 0 Å². The second-order valence-corrected chi connectivity index (χ2v) is 14.7. The van der Waals surface area contributed by atoms with E-state index in [2.05, 4.69) is 76.7 Å². The molecule has 0 radical (unpaired) electrons. The van der Waals surface area contributed by atoms with Crippen LogP contribution in [0.5, 0.6) is 0 Å². The summed E-state index contributed by atoms with van der Waals surface area (Å²) in [7, 11) is 9.67. The molecule has 4 aliphatic rings. The Labute approximate surface area is 235 Å². The van der Waals surface area contributed by atoms with Crippen LogP contribution >= 0.6 is 19.4 Å². The van der Waals surface area contributed by atoms with Gasteiger partial charge in [0, 0.05) is 0 Å². The Balaban J connectivity index is 0.000000424. The molecule has 215 valence electrons.